The fourth-order valence-corrected chi connectivity index (χ4v) is 1.76. The summed E-state index contributed by atoms with van der Waals surface area (Å²) in [5.74, 6) is 1.00. The Labute approximate surface area is 82.9 Å². The second kappa shape index (κ2) is 4.09. The molecule has 1 atom stereocenters. The predicted octanol–water partition coefficient (Wildman–Crippen LogP) is 2.84. The van der Waals surface area contributed by atoms with E-state index >= 15 is 0 Å². The highest BCUT2D eigenvalue weighted by Gasteiger charge is 2.18. The molecule has 0 saturated carbocycles. The van der Waals surface area contributed by atoms with E-state index in [1.54, 1.807) is 6.26 Å². The fourth-order valence-electron chi connectivity index (χ4n) is 1.76. The van der Waals surface area contributed by atoms with Gasteiger partial charge in [-0.25, -0.2) is 0 Å². The van der Waals surface area contributed by atoms with Gasteiger partial charge in [0.1, 0.15) is 12.0 Å². The first-order chi connectivity index (χ1) is 6.92. The molecule has 0 fully saturated rings. The van der Waals surface area contributed by atoms with Gasteiger partial charge in [-0.05, 0) is 18.6 Å². The summed E-state index contributed by atoms with van der Waals surface area (Å²) in [5, 5.41) is 0. The largest absolute Gasteiger partial charge is 0.469 e. The molecule has 1 aliphatic carbocycles. The summed E-state index contributed by atoms with van der Waals surface area (Å²) in [6.07, 6.45) is 10.2. The van der Waals surface area contributed by atoms with Crippen molar-refractivity contribution in [1.29, 1.82) is 0 Å². The predicted molar refractivity (Wildman–Crippen MR) is 54.0 cm³/mol. The van der Waals surface area contributed by atoms with Crippen molar-refractivity contribution in [3.63, 3.8) is 0 Å². The SMILES string of the molecule is O=CC[C@H](C1=CC=CC1)c1ccco1. The Morgan fingerprint density at radius 2 is 2.50 bits per heavy atom. The lowest BCUT2D eigenvalue weighted by Crippen LogP contribution is -2.00. The smallest absolute Gasteiger partial charge is 0.121 e. The molecule has 2 nitrogen and oxygen atoms in total. The molecule has 1 aliphatic rings. The number of hydrogen-bond donors (Lipinski definition) is 0. The van der Waals surface area contributed by atoms with Crippen LogP contribution >= 0.6 is 0 Å². The van der Waals surface area contributed by atoms with Gasteiger partial charge in [0.15, 0.2) is 0 Å². The molecule has 0 bridgehead atoms. The normalized spacial score (nSPS) is 16.7. The number of furan rings is 1. The van der Waals surface area contributed by atoms with Crippen LogP contribution in [0.3, 0.4) is 0 Å². The summed E-state index contributed by atoms with van der Waals surface area (Å²) in [5.41, 5.74) is 1.26. The maximum atomic E-state index is 10.6. The molecular weight excluding hydrogens is 176 g/mol. The van der Waals surface area contributed by atoms with E-state index in [9.17, 15) is 4.79 Å². The average molecular weight is 188 g/mol. The number of rotatable bonds is 4. The molecule has 0 amide bonds. The van der Waals surface area contributed by atoms with Crippen LogP contribution in [0.5, 0.6) is 0 Å². The van der Waals surface area contributed by atoms with Crippen molar-refractivity contribution >= 4 is 6.29 Å². The monoisotopic (exact) mass is 188 g/mol. The molecule has 0 N–H and O–H groups in total. The first kappa shape index (κ1) is 9.00. The minimum Gasteiger partial charge on any atom is -0.469 e. The van der Waals surface area contributed by atoms with Crippen LogP contribution in [0.4, 0.5) is 0 Å². The van der Waals surface area contributed by atoms with Crippen molar-refractivity contribution in [2.24, 2.45) is 0 Å². The lowest BCUT2D eigenvalue weighted by Gasteiger charge is -2.12. The van der Waals surface area contributed by atoms with Crippen LogP contribution in [0, 0.1) is 0 Å². The molecule has 2 rings (SSSR count). The maximum Gasteiger partial charge on any atom is 0.121 e. The topological polar surface area (TPSA) is 30.2 Å². The number of carbonyl (C=O) groups excluding carboxylic acids is 1. The van der Waals surface area contributed by atoms with E-state index in [1.165, 1.54) is 5.57 Å². The number of allylic oxidation sites excluding steroid dienone is 4. The minimum absolute atomic E-state index is 0.123. The standard InChI is InChI=1S/C12H12O2/c13-8-7-11(10-4-1-2-5-10)12-6-3-9-14-12/h1-4,6,8-9,11H,5,7H2/t11-/m1/s1. The summed E-state index contributed by atoms with van der Waals surface area (Å²) in [4.78, 5) is 10.6. The fraction of sp³-hybridized carbons (Fsp3) is 0.250. The molecule has 72 valence electrons. The Kier molecular flexibility index (Phi) is 2.63. The maximum absolute atomic E-state index is 10.6. The Balaban J connectivity index is 2.20. The summed E-state index contributed by atoms with van der Waals surface area (Å²) in [7, 11) is 0. The van der Waals surface area contributed by atoms with Gasteiger partial charge in [0, 0.05) is 12.3 Å². The van der Waals surface area contributed by atoms with Gasteiger partial charge in [0.25, 0.3) is 0 Å². The average Bonchev–Trinajstić information content (AvgIpc) is 2.87. The van der Waals surface area contributed by atoms with Crippen molar-refractivity contribution in [1.82, 2.24) is 0 Å². The zero-order chi connectivity index (χ0) is 9.80. The molecule has 1 heterocycles. The highest BCUT2D eigenvalue weighted by Crippen LogP contribution is 2.31. The zero-order valence-electron chi connectivity index (χ0n) is 7.85. The van der Waals surface area contributed by atoms with Crippen LogP contribution in [-0.2, 0) is 4.79 Å². The molecule has 0 unspecified atom stereocenters. The van der Waals surface area contributed by atoms with Crippen molar-refractivity contribution in [3.8, 4) is 0 Å². The summed E-state index contributed by atoms with van der Waals surface area (Å²) < 4.78 is 5.33. The Morgan fingerprint density at radius 1 is 1.57 bits per heavy atom. The van der Waals surface area contributed by atoms with Gasteiger partial charge in [0.05, 0.1) is 6.26 Å². The summed E-state index contributed by atoms with van der Waals surface area (Å²) >= 11 is 0. The Morgan fingerprint density at radius 3 is 3.07 bits per heavy atom. The van der Waals surface area contributed by atoms with Crippen molar-refractivity contribution < 1.29 is 9.21 Å². The third-order valence-corrected chi connectivity index (χ3v) is 2.47. The Hall–Kier alpha value is -1.57. The molecule has 14 heavy (non-hydrogen) atoms. The van der Waals surface area contributed by atoms with E-state index in [2.05, 4.69) is 12.2 Å². The molecule has 0 spiro atoms. The van der Waals surface area contributed by atoms with Crippen LogP contribution < -0.4 is 0 Å². The zero-order valence-corrected chi connectivity index (χ0v) is 7.85. The van der Waals surface area contributed by atoms with Gasteiger partial charge in [0.2, 0.25) is 0 Å². The van der Waals surface area contributed by atoms with Crippen LogP contribution in [0.1, 0.15) is 24.5 Å². The second-order valence-electron chi connectivity index (χ2n) is 3.34. The van der Waals surface area contributed by atoms with Crippen LogP contribution in [0.25, 0.3) is 0 Å². The van der Waals surface area contributed by atoms with Crippen LogP contribution in [0.15, 0.2) is 46.6 Å². The molecule has 1 aromatic heterocycles. The van der Waals surface area contributed by atoms with Crippen molar-refractivity contribution in [3.05, 3.63) is 48.0 Å². The first-order valence-electron chi connectivity index (χ1n) is 4.74. The lowest BCUT2D eigenvalue weighted by atomic mass is 9.93. The van der Waals surface area contributed by atoms with E-state index in [0.29, 0.717) is 6.42 Å². The van der Waals surface area contributed by atoms with Crippen molar-refractivity contribution in [2.45, 2.75) is 18.8 Å². The minimum atomic E-state index is 0.123. The lowest BCUT2D eigenvalue weighted by molar-refractivity contribution is -0.108. The first-order valence-corrected chi connectivity index (χ1v) is 4.74. The molecule has 0 radical (unpaired) electrons. The van der Waals surface area contributed by atoms with Gasteiger partial charge < -0.3 is 9.21 Å². The van der Waals surface area contributed by atoms with E-state index in [1.807, 2.05) is 18.2 Å². The van der Waals surface area contributed by atoms with Gasteiger partial charge in [-0.2, -0.15) is 0 Å². The van der Waals surface area contributed by atoms with Crippen LogP contribution in [0.2, 0.25) is 0 Å². The van der Waals surface area contributed by atoms with E-state index in [-0.39, 0.29) is 5.92 Å². The molecule has 0 aliphatic heterocycles. The number of carbonyl (C=O) groups is 1. The second-order valence-corrected chi connectivity index (χ2v) is 3.34. The molecule has 1 aromatic rings. The van der Waals surface area contributed by atoms with Gasteiger partial charge in [-0.1, -0.05) is 23.8 Å². The highest BCUT2D eigenvalue weighted by atomic mass is 16.3. The molecule has 0 saturated heterocycles. The van der Waals surface area contributed by atoms with E-state index in [4.69, 9.17) is 4.42 Å². The van der Waals surface area contributed by atoms with E-state index in [0.717, 1.165) is 18.5 Å². The molecular formula is C12H12O2. The molecule has 2 heteroatoms. The highest BCUT2D eigenvalue weighted by molar-refractivity contribution is 5.53. The number of hydrogen-bond acceptors (Lipinski definition) is 2. The third kappa shape index (κ3) is 1.69. The summed E-state index contributed by atoms with van der Waals surface area (Å²) in [6.45, 7) is 0. The third-order valence-electron chi connectivity index (χ3n) is 2.47. The van der Waals surface area contributed by atoms with Crippen LogP contribution in [-0.4, -0.2) is 6.29 Å². The Bertz CT molecular complexity index is 358. The molecule has 0 aromatic carbocycles. The van der Waals surface area contributed by atoms with Crippen molar-refractivity contribution in [2.75, 3.05) is 0 Å². The van der Waals surface area contributed by atoms with Gasteiger partial charge in [-0.15, -0.1) is 0 Å². The van der Waals surface area contributed by atoms with Gasteiger partial charge in [-0.3, -0.25) is 0 Å². The van der Waals surface area contributed by atoms with E-state index < -0.39 is 0 Å². The summed E-state index contributed by atoms with van der Waals surface area (Å²) in [6, 6.07) is 3.78. The van der Waals surface area contributed by atoms with Gasteiger partial charge >= 0.3 is 0 Å². The number of aldehydes is 1. The quantitative estimate of drug-likeness (QED) is 0.680.